The number of oxazole rings is 1. The number of aldehydes is 1. The summed E-state index contributed by atoms with van der Waals surface area (Å²) in [5.41, 5.74) is 3.26. The molecule has 1 heterocycles. The minimum absolute atomic E-state index is 0.0552. The molecule has 0 atom stereocenters. The summed E-state index contributed by atoms with van der Waals surface area (Å²) in [7, 11) is 0. The van der Waals surface area contributed by atoms with Gasteiger partial charge in [-0.25, -0.2) is 4.98 Å². The zero-order valence-corrected chi connectivity index (χ0v) is 14.5. The molecule has 3 rings (SSSR count). The van der Waals surface area contributed by atoms with Crippen molar-refractivity contribution in [3.05, 3.63) is 83.3 Å². The largest absolute Gasteiger partial charge is 0.441 e. The van der Waals surface area contributed by atoms with E-state index in [-0.39, 0.29) is 5.78 Å². The Kier molecular flexibility index (Phi) is 5.54. The smallest absolute Gasteiger partial charge is 0.226 e. The van der Waals surface area contributed by atoms with E-state index in [1.54, 1.807) is 18.2 Å². The number of rotatable bonds is 7. The van der Waals surface area contributed by atoms with Crippen LogP contribution < -0.4 is 0 Å². The molecule has 4 heteroatoms. The third-order valence-electron chi connectivity index (χ3n) is 4.10. The second-order valence-corrected chi connectivity index (χ2v) is 5.93. The lowest BCUT2D eigenvalue weighted by Gasteiger charge is -2.01. The van der Waals surface area contributed by atoms with Gasteiger partial charge in [-0.15, -0.1) is 0 Å². The molecule has 0 aliphatic rings. The Bertz CT molecular complexity index is 922. The summed E-state index contributed by atoms with van der Waals surface area (Å²) in [6.45, 7) is 1.87. The molecule has 2 aromatic carbocycles. The van der Waals surface area contributed by atoms with E-state index in [1.807, 2.05) is 49.4 Å². The van der Waals surface area contributed by atoms with E-state index in [4.69, 9.17) is 4.42 Å². The molecule has 0 radical (unpaired) electrons. The number of Topliss-reactive ketones (excluding diaryl/α,β-unsaturated/α-hetero) is 1. The van der Waals surface area contributed by atoms with Crippen molar-refractivity contribution in [1.29, 1.82) is 0 Å². The van der Waals surface area contributed by atoms with Crippen LogP contribution >= 0.6 is 0 Å². The second-order valence-electron chi connectivity index (χ2n) is 5.93. The number of ketones is 1. The monoisotopic (exact) mass is 345 g/mol. The molecule has 0 bridgehead atoms. The van der Waals surface area contributed by atoms with Crippen LogP contribution in [0.5, 0.6) is 0 Å². The number of hydrogen-bond acceptors (Lipinski definition) is 4. The normalized spacial score (nSPS) is 11.0. The molecule has 0 fully saturated rings. The average molecular weight is 345 g/mol. The molecular weight excluding hydrogens is 326 g/mol. The lowest BCUT2D eigenvalue weighted by Crippen LogP contribution is -2.02. The molecule has 0 amide bonds. The fourth-order valence-electron chi connectivity index (χ4n) is 2.67. The summed E-state index contributed by atoms with van der Waals surface area (Å²) in [4.78, 5) is 27.3. The maximum atomic E-state index is 12.4. The van der Waals surface area contributed by atoms with Gasteiger partial charge in [0.05, 0.1) is 5.69 Å². The molecule has 130 valence electrons. The molecule has 0 N–H and O–H groups in total. The second kappa shape index (κ2) is 8.21. The first kappa shape index (κ1) is 17.5. The first-order chi connectivity index (χ1) is 12.7. The van der Waals surface area contributed by atoms with Crippen molar-refractivity contribution in [2.45, 2.75) is 19.8 Å². The lowest BCUT2D eigenvalue weighted by molar-refractivity contribution is -0.104. The van der Waals surface area contributed by atoms with E-state index in [1.165, 1.54) is 6.08 Å². The van der Waals surface area contributed by atoms with Gasteiger partial charge in [0.25, 0.3) is 0 Å². The number of carbonyl (C=O) groups is 2. The first-order valence-electron chi connectivity index (χ1n) is 8.44. The van der Waals surface area contributed by atoms with Crippen molar-refractivity contribution in [2.24, 2.45) is 0 Å². The highest BCUT2D eigenvalue weighted by atomic mass is 16.4. The van der Waals surface area contributed by atoms with Crippen LogP contribution in [0.4, 0.5) is 0 Å². The van der Waals surface area contributed by atoms with Crippen LogP contribution in [0.3, 0.4) is 0 Å². The quantitative estimate of drug-likeness (QED) is 0.354. The van der Waals surface area contributed by atoms with Crippen molar-refractivity contribution in [1.82, 2.24) is 4.98 Å². The lowest BCUT2D eigenvalue weighted by atomic mass is 10.0. The summed E-state index contributed by atoms with van der Waals surface area (Å²) in [5.74, 6) is 1.38. The number of carbonyl (C=O) groups excluding carboxylic acids is 2. The van der Waals surface area contributed by atoms with Crippen molar-refractivity contribution >= 4 is 18.1 Å². The number of nitrogens with zero attached hydrogens (tertiary/aromatic N) is 1. The summed E-state index contributed by atoms with van der Waals surface area (Å²) >= 11 is 0. The van der Waals surface area contributed by atoms with Gasteiger partial charge in [-0.1, -0.05) is 48.5 Å². The fraction of sp³-hybridized carbons (Fsp3) is 0.136. The van der Waals surface area contributed by atoms with Crippen LogP contribution in [0.15, 0.2) is 65.1 Å². The highest BCUT2D eigenvalue weighted by molar-refractivity contribution is 5.96. The van der Waals surface area contributed by atoms with E-state index < -0.39 is 0 Å². The highest BCUT2D eigenvalue weighted by Crippen LogP contribution is 2.22. The zero-order chi connectivity index (χ0) is 18.4. The Hall–Kier alpha value is -3.27. The van der Waals surface area contributed by atoms with Crippen LogP contribution in [0.2, 0.25) is 0 Å². The van der Waals surface area contributed by atoms with Gasteiger partial charge in [0.2, 0.25) is 5.89 Å². The molecule has 26 heavy (non-hydrogen) atoms. The fourth-order valence-corrected chi connectivity index (χ4v) is 2.67. The molecule has 4 nitrogen and oxygen atoms in total. The average Bonchev–Trinajstić information content (AvgIpc) is 3.06. The number of allylic oxidation sites excluding steroid dienone is 1. The zero-order valence-electron chi connectivity index (χ0n) is 14.5. The summed E-state index contributed by atoms with van der Waals surface area (Å²) < 4.78 is 5.73. The first-order valence-corrected chi connectivity index (χ1v) is 8.44. The Morgan fingerprint density at radius 1 is 1.08 bits per heavy atom. The Morgan fingerprint density at radius 3 is 2.50 bits per heavy atom. The van der Waals surface area contributed by atoms with Gasteiger partial charge in [-0.05, 0) is 30.7 Å². The van der Waals surface area contributed by atoms with Gasteiger partial charge in [-0.2, -0.15) is 0 Å². The maximum absolute atomic E-state index is 12.4. The molecule has 1 aromatic heterocycles. The standard InChI is InChI=1S/C22H19NO3/c1-16-20(23-22(26-16)19-7-3-2-4-8-19)13-14-21(25)18-11-9-17(10-12-18)6-5-15-24/h2-12,15H,13-14H2,1H3/b6-5+. The van der Waals surface area contributed by atoms with Crippen LogP contribution in [0.1, 0.15) is 33.8 Å². The molecular formula is C22H19NO3. The Balaban J connectivity index is 1.65. The number of hydrogen-bond donors (Lipinski definition) is 0. The molecule has 0 aliphatic carbocycles. The van der Waals surface area contributed by atoms with Crippen molar-refractivity contribution in [3.8, 4) is 11.5 Å². The molecule has 0 spiro atoms. The van der Waals surface area contributed by atoms with Crippen LogP contribution in [-0.4, -0.2) is 17.1 Å². The molecule has 0 unspecified atom stereocenters. The van der Waals surface area contributed by atoms with Crippen molar-refractivity contribution in [3.63, 3.8) is 0 Å². The van der Waals surface area contributed by atoms with Crippen molar-refractivity contribution in [2.75, 3.05) is 0 Å². The van der Waals surface area contributed by atoms with E-state index in [0.717, 1.165) is 28.9 Å². The van der Waals surface area contributed by atoms with Crippen molar-refractivity contribution < 1.29 is 14.0 Å². The third kappa shape index (κ3) is 4.22. The van der Waals surface area contributed by atoms with Gasteiger partial charge >= 0.3 is 0 Å². The summed E-state index contributed by atoms with van der Waals surface area (Å²) in [6, 6.07) is 16.9. The third-order valence-corrected chi connectivity index (χ3v) is 4.10. The minimum Gasteiger partial charge on any atom is -0.441 e. The van der Waals surface area contributed by atoms with E-state index in [0.29, 0.717) is 24.3 Å². The highest BCUT2D eigenvalue weighted by Gasteiger charge is 2.13. The minimum atomic E-state index is 0.0552. The van der Waals surface area contributed by atoms with Crippen LogP contribution in [0.25, 0.3) is 17.5 Å². The summed E-state index contributed by atoms with van der Waals surface area (Å²) in [5, 5.41) is 0. The number of aryl methyl sites for hydroxylation is 2. The van der Waals surface area contributed by atoms with E-state index in [2.05, 4.69) is 4.98 Å². The van der Waals surface area contributed by atoms with E-state index >= 15 is 0 Å². The number of aromatic nitrogens is 1. The van der Waals surface area contributed by atoms with Crippen LogP contribution in [-0.2, 0) is 11.2 Å². The Morgan fingerprint density at radius 2 is 1.81 bits per heavy atom. The van der Waals surface area contributed by atoms with E-state index in [9.17, 15) is 9.59 Å². The number of benzene rings is 2. The molecule has 0 aliphatic heterocycles. The SMILES string of the molecule is Cc1oc(-c2ccccc2)nc1CCC(=O)c1ccc(/C=C/C=O)cc1. The van der Waals surface area contributed by atoms with Gasteiger partial charge in [0.15, 0.2) is 5.78 Å². The predicted octanol–water partition coefficient (Wildman–Crippen LogP) is 4.68. The topological polar surface area (TPSA) is 60.2 Å². The predicted molar refractivity (Wildman–Crippen MR) is 101 cm³/mol. The van der Waals surface area contributed by atoms with Gasteiger partial charge in [0, 0.05) is 24.0 Å². The van der Waals surface area contributed by atoms with Gasteiger partial charge in [-0.3, -0.25) is 9.59 Å². The van der Waals surface area contributed by atoms with Crippen LogP contribution in [0, 0.1) is 6.92 Å². The Labute approximate surface area is 152 Å². The van der Waals surface area contributed by atoms with Gasteiger partial charge in [0.1, 0.15) is 12.0 Å². The molecule has 3 aromatic rings. The summed E-state index contributed by atoms with van der Waals surface area (Å²) in [6.07, 6.45) is 4.75. The molecule has 0 saturated heterocycles. The van der Waals surface area contributed by atoms with Gasteiger partial charge < -0.3 is 4.42 Å². The molecule has 0 saturated carbocycles. The maximum Gasteiger partial charge on any atom is 0.226 e.